The first-order chi connectivity index (χ1) is 14.0. The highest BCUT2D eigenvalue weighted by molar-refractivity contribution is 7.99. The highest BCUT2D eigenvalue weighted by Crippen LogP contribution is 2.25. The Labute approximate surface area is 174 Å². The van der Waals surface area contributed by atoms with Crippen molar-refractivity contribution in [3.05, 3.63) is 81.7 Å². The van der Waals surface area contributed by atoms with Gasteiger partial charge in [-0.15, -0.1) is 11.3 Å². The molecular weight excluding hydrogens is 409 g/mol. The third-order valence-corrected chi connectivity index (χ3v) is 6.01. The Bertz CT molecular complexity index is 1270. The average molecular weight is 426 g/mol. The van der Waals surface area contributed by atoms with Gasteiger partial charge in [-0.3, -0.25) is 14.2 Å². The van der Waals surface area contributed by atoms with Gasteiger partial charge in [0.1, 0.15) is 10.5 Å². The molecule has 2 aromatic heterocycles. The summed E-state index contributed by atoms with van der Waals surface area (Å²) in [6.07, 6.45) is 0. The van der Waals surface area contributed by atoms with Gasteiger partial charge in [-0.25, -0.2) is 9.37 Å². The van der Waals surface area contributed by atoms with E-state index >= 15 is 0 Å². The monoisotopic (exact) mass is 425 g/mol. The minimum atomic E-state index is -0.529. The van der Waals surface area contributed by atoms with Crippen molar-refractivity contribution >= 4 is 44.9 Å². The molecule has 1 N–H and O–H groups in total. The largest absolute Gasteiger partial charge is 0.325 e. The lowest BCUT2D eigenvalue weighted by Gasteiger charge is -2.13. The fourth-order valence-electron chi connectivity index (χ4n) is 2.88. The maximum atomic E-state index is 14.4. The first-order valence-electron chi connectivity index (χ1n) is 8.77. The second kappa shape index (κ2) is 8.18. The van der Waals surface area contributed by atoms with Gasteiger partial charge in [0, 0.05) is 5.69 Å². The molecule has 2 heterocycles. The molecule has 0 saturated heterocycles. The number of nitrogens with zero attached hydrogens (tertiary/aromatic N) is 2. The SMILES string of the molecule is Cc1cccc(NC(=O)CSc2nc3ccsc3c(=O)n2-c2ccccc2F)c1. The molecule has 0 fully saturated rings. The summed E-state index contributed by atoms with van der Waals surface area (Å²) < 4.78 is 16.1. The second-order valence-electron chi connectivity index (χ2n) is 6.33. The highest BCUT2D eigenvalue weighted by Gasteiger charge is 2.17. The molecule has 146 valence electrons. The summed E-state index contributed by atoms with van der Waals surface area (Å²) in [6.45, 7) is 1.94. The Morgan fingerprint density at radius 2 is 2.03 bits per heavy atom. The number of thioether (sulfide) groups is 1. The van der Waals surface area contributed by atoms with Gasteiger partial charge in [-0.1, -0.05) is 36.0 Å². The zero-order valence-corrected chi connectivity index (χ0v) is 17.0. The van der Waals surface area contributed by atoms with Gasteiger partial charge in [-0.2, -0.15) is 0 Å². The van der Waals surface area contributed by atoms with Crippen LogP contribution >= 0.6 is 23.1 Å². The molecule has 2 aromatic carbocycles. The number of anilines is 1. The summed E-state index contributed by atoms with van der Waals surface area (Å²) in [7, 11) is 0. The van der Waals surface area contributed by atoms with Crippen molar-refractivity contribution in [3.8, 4) is 5.69 Å². The van der Waals surface area contributed by atoms with Crippen LogP contribution in [0.15, 0.2) is 69.9 Å². The quantitative estimate of drug-likeness (QED) is 0.374. The maximum Gasteiger partial charge on any atom is 0.276 e. The number of hydrogen-bond acceptors (Lipinski definition) is 5. The van der Waals surface area contributed by atoms with E-state index in [-0.39, 0.29) is 28.1 Å². The molecular formula is C21H16FN3O2S2. The van der Waals surface area contributed by atoms with Crippen molar-refractivity contribution in [1.82, 2.24) is 9.55 Å². The van der Waals surface area contributed by atoms with Crippen molar-refractivity contribution < 1.29 is 9.18 Å². The van der Waals surface area contributed by atoms with Gasteiger partial charge in [-0.05, 0) is 48.2 Å². The number of aryl methyl sites for hydroxylation is 1. The molecule has 8 heteroatoms. The van der Waals surface area contributed by atoms with Gasteiger partial charge in [0.05, 0.1) is 17.0 Å². The molecule has 0 saturated carbocycles. The number of hydrogen-bond donors (Lipinski definition) is 1. The number of rotatable bonds is 5. The van der Waals surface area contributed by atoms with E-state index in [0.29, 0.717) is 15.9 Å². The Morgan fingerprint density at radius 1 is 1.21 bits per heavy atom. The lowest BCUT2D eigenvalue weighted by molar-refractivity contribution is -0.113. The van der Waals surface area contributed by atoms with Gasteiger partial charge >= 0.3 is 0 Å². The topological polar surface area (TPSA) is 64.0 Å². The molecule has 0 aliphatic rings. The van der Waals surface area contributed by atoms with Gasteiger partial charge in [0.2, 0.25) is 5.91 Å². The number of nitrogens with one attached hydrogen (secondary N) is 1. The van der Waals surface area contributed by atoms with Crippen LogP contribution in [0.4, 0.5) is 10.1 Å². The molecule has 0 unspecified atom stereocenters. The van der Waals surface area contributed by atoms with Crippen molar-refractivity contribution in [2.24, 2.45) is 0 Å². The Kier molecular flexibility index (Phi) is 5.46. The molecule has 5 nitrogen and oxygen atoms in total. The normalized spacial score (nSPS) is 11.0. The zero-order chi connectivity index (χ0) is 20.4. The minimum absolute atomic E-state index is 0.0322. The van der Waals surface area contributed by atoms with Crippen molar-refractivity contribution in [2.45, 2.75) is 12.1 Å². The first-order valence-corrected chi connectivity index (χ1v) is 10.6. The molecule has 0 atom stereocenters. The number of aromatic nitrogens is 2. The maximum absolute atomic E-state index is 14.4. The van der Waals surface area contributed by atoms with E-state index in [0.717, 1.165) is 17.3 Å². The third kappa shape index (κ3) is 4.08. The zero-order valence-electron chi connectivity index (χ0n) is 15.4. The smallest absolute Gasteiger partial charge is 0.276 e. The van der Waals surface area contributed by atoms with Gasteiger partial charge in [0.25, 0.3) is 5.56 Å². The number of carbonyl (C=O) groups excluding carboxylic acids is 1. The second-order valence-corrected chi connectivity index (χ2v) is 8.19. The third-order valence-electron chi connectivity index (χ3n) is 4.18. The van der Waals surface area contributed by atoms with Crippen LogP contribution < -0.4 is 10.9 Å². The van der Waals surface area contributed by atoms with Crippen LogP contribution in [0, 0.1) is 12.7 Å². The van der Waals surface area contributed by atoms with Crippen LogP contribution in [0.25, 0.3) is 15.9 Å². The number of carbonyl (C=O) groups is 1. The summed E-state index contributed by atoms with van der Waals surface area (Å²) >= 11 is 2.35. The van der Waals surface area contributed by atoms with Crippen LogP contribution in [-0.4, -0.2) is 21.2 Å². The van der Waals surface area contributed by atoms with E-state index in [2.05, 4.69) is 10.3 Å². The lowest BCUT2D eigenvalue weighted by atomic mass is 10.2. The number of benzene rings is 2. The average Bonchev–Trinajstić information content (AvgIpc) is 3.16. The van der Waals surface area contributed by atoms with E-state index in [9.17, 15) is 14.0 Å². The molecule has 29 heavy (non-hydrogen) atoms. The fourth-order valence-corrected chi connectivity index (χ4v) is 4.45. The molecule has 0 aliphatic carbocycles. The molecule has 0 spiro atoms. The van der Waals surface area contributed by atoms with Crippen LogP contribution in [0.2, 0.25) is 0 Å². The predicted molar refractivity (Wildman–Crippen MR) is 116 cm³/mol. The van der Waals surface area contributed by atoms with E-state index in [1.54, 1.807) is 29.6 Å². The Hall–Kier alpha value is -2.97. The molecule has 1 amide bonds. The Balaban J connectivity index is 1.66. The predicted octanol–water partition coefficient (Wildman–Crippen LogP) is 4.63. The summed E-state index contributed by atoms with van der Waals surface area (Å²) in [5, 5.41) is 4.86. The van der Waals surface area contributed by atoms with Crippen LogP contribution in [0.1, 0.15) is 5.56 Å². The molecule has 0 aliphatic heterocycles. The first kappa shape index (κ1) is 19.4. The van der Waals surface area contributed by atoms with E-state index in [1.807, 2.05) is 25.1 Å². The number of halogens is 1. The lowest BCUT2D eigenvalue weighted by Crippen LogP contribution is -2.23. The van der Waals surface area contributed by atoms with Crippen molar-refractivity contribution in [3.63, 3.8) is 0 Å². The Morgan fingerprint density at radius 3 is 2.83 bits per heavy atom. The molecule has 0 radical (unpaired) electrons. The number of para-hydroxylation sites is 1. The number of thiophene rings is 1. The minimum Gasteiger partial charge on any atom is -0.325 e. The summed E-state index contributed by atoms with van der Waals surface area (Å²) in [6, 6.07) is 15.2. The summed E-state index contributed by atoms with van der Waals surface area (Å²) in [5.41, 5.74) is 2.03. The van der Waals surface area contributed by atoms with E-state index in [4.69, 9.17) is 0 Å². The molecule has 4 aromatic rings. The highest BCUT2D eigenvalue weighted by atomic mass is 32.2. The molecule has 0 bridgehead atoms. The van der Waals surface area contributed by atoms with Gasteiger partial charge in [0.15, 0.2) is 5.16 Å². The standard InChI is InChI=1S/C21H16FN3O2S2/c1-13-5-4-6-14(11-13)23-18(26)12-29-21-24-16-9-10-28-19(16)20(27)25(21)17-8-3-2-7-15(17)22/h2-11H,12H2,1H3,(H,23,26). The van der Waals surface area contributed by atoms with Crippen molar-refractivity contribution in [2.75, 3.05) is 11.1 Å². The van der Waals surface area contributed by atoms with E-state index in [1.165, 1.54) is 28.0 Å². The summed E-state index contributed by atoms with van der Waals surface area (Å²) in [4.78, 5) is 29.9. The van der Waals surface area contributed by atoms with Crippen LogP contribution in [0.5, 0.6) is 0 Å². The van der Waals surface area contributed by atoms with Gasteiger partial charge < -0.3 is 5.32 Å². The van der Waals surface area contributed by atoms with Crippen molar-refractivity contribution in [1.29, 1.82) is 0 Å². The number of amides is 1. The van der Waals surface area contributed by atoms with Crippen LogP contribution in [0.3, 0.4) is 0 Å². The summed E-state index contributed by atoms with van der Waals surface area (Å²) in [5.74, 6) is -0.733. The number of fused-ring (bicyclic) bond motifs is 1. The van der Waals surface area contributed by atoms with Crippen LogP contribution in [-0.2, 0) is 4.79 Å². The van der Waals surface area contributed by atoms with E-state index < -0.39 is 5.82 Å². The fraction of sp³-hybridized carbons (Fsp3) is 0.0952. The molecule has 4 rings (SSSR count).